The Hall–Kier alpha value is -1.46. The number of aliphatic hydroxyl groups is 1. The van der Waals surface area contributed by atoms with Gasteiger partial charge in [-0.2, -0.15) is 0 Å². The van der Waals surface area contributed by atoms with E-state index < -0.39 is 6.10 Å². The van der Waals surface area contributed by atoms with E-state index in [9.17, 15) is 5.11 Å². The van der Waals surface area contributed by atoms with E-state index in [1.807, 2.05) is 0 Å². The zero-order chi connectivity index (χ0) is 11.5. The second kappa shape index (κ2) is 4.59. The van der Waals surface area contributed by atoms with Gasteiger partial charge in [-0.25, -0.2) is 0 Å². The van der Waals surface area contributed by atoms with E-state index in [0.29, 0.717) is 24.6 Å². The largest absolute Gasteiger partial charge is 0.507 e. The fraction of sp³-hybridized carbons (Fsp3) is 0.455. The van der Waals surface area contributed by atoms with Crippen LogP contribution in [0.4, 0.5) is 0 Å². The summed E-state index contributed by atoms with van der Waals surface area (Å²) in [5.41, 5.74) is 0.727. The van der Waals surface area contributed by atoms with Crippen LogP contribution in [0.1, 0.15) is 12.5 Å². The minimum absolute atomic E-state index is 0.169. The molecule has 0 saturated carbocycles. The number of aliphatic hydroxyl groups excluding tert-OH is 1. The summed E-state index contributed by atoms with van der Waals surface area (Å²) in [5.74, 6) is 1.38. The van der Waals surface area contributed by atoms with Crippen LogP contribution < -0.4 is 14.8 Å². The van der Waals surface area contributed by atoms with Crippen LogP contribution in [0.2, 0.25) is 0 Å². The number of nitrogens with one attached hydrogen (secondary N) is 1. The Labute approximate surface area is 93.6 Å². The maximum absolute atomic E-state index is 9.70. The minimum atomic E-state index is -0.406. The highest BCUT2D eigenvalue weighted by atomic mass is 16.7. The summed E-state index contributed by atoms with van der Waals surface area (Å²) in [6.07, 6.45) is -0.406. The Balaban J connectivity index is 2.04. The van der Waals surface area contributed by atoms with E-state index in [4.69, 9.17) is 14.6 Å². The zero-order valence-corrected chi connectivity index (χ0v) is 9.06. The molecule has 0 aliphatic carbocycles. The van der Waals surface area contributed by atoms with Gasteiger partial charge in [0, 0.05) is 24.7 Å². The second-order valence-corrected chi connectivity index (χ2v) is 3.81. The lowest BCUT2D eigenvalue weighted by Gasteiger charge is -2.09. The Kier molecular flexibility index (Phi) is 3.17. The first-order valence-electron chi connectivity index (χ1n) is 5.17. The molecule has 0 amide bonds. The highest BCUT2D eigenvalue weighted by molar-refractivity contribution is 5.51. The topological polar surface area (TPSA) is 71.0 Å². The SMILES string of the molecule is C[C@H](O)CNCc1cc2c(cc1O)OCO2. The van der Waals surface area contributed by atoms with Crippen molar-refractivity contribution in [3.63, 3.8) is 0 Å². The molecule has 0 radical (unpaired) electrons. The molecule has 0 spiro atoms. The van der Waals surface area contributed by atoms with Gasteiger partial charge >= 0.3 is 0 Å². The number of benzene rings is 1. The lowest BCUT2D eigenvalue weighted by molar-refractivity contribution is 0.174. The highest BCUT2D eigenvalue weighted by Crippen LogP contribution is 2.37. The number of rotatable bonds is 4. The van der Waals surface area contributed by atoms with Gasteiger partial charge in [0.25, 0.3) is 0 Å². The summed E-state index contributed by atoms with van der Waals surface area (Å²) >= 11 is 0. The fourth-order valence-corrected chi connectivity index (χ4v) is 1.53. The van der Waals surface area contributed by atoms with Crippen molar-refractivity contribution in [1.29, 1.82) is 0 Å². The molecular weight excluding hydrogens is 210 g/mol. The predicted molar refractivity (Wildman–Crippen MR) is 57.6 cm³/mol. The van der Waals surface area contributed by atoms with E-state index in [1.54, 1.807) is 19.1 Å². The van der Waals surface area contributed by atoms with E-state index in [0.717, 1.165) is 5.56 Å². The zero-order valence-electron chi connectivity index (χ0n) is 9.06. The van der Waals surface area contributed by atoms with Gasteiger partial charge in [-0.1, -0.05) is 0 Å². The number of phenolic OH excluding ortho intramolecular Hbond substituents is 1. The normalized spacial score (nSPS) is 15.1. The molecule has 1 heterocycles. The van der Waals surface area contributed by atoms with Crippen LogP contribution >= 0.6 is 0 Å². The van der Waals surface area contributed by atoms with Crippen LogP contribution in [0.3, 0.4) is 0 Å². The molecule has 1 aliphatic heterocycles. The summed E-state index contributed by atoms with van der Waals surface area (Å²) in [7, 11) is 0. The second-order valence-electron chi connectivity index (χ2n) is 3.81. The molecule has 0 fully saturated rings. The molecule has 1 aromatic rings. The molecule has 5 heteroatoms. The molecule has 1 aromatic carbocycles. The van der Waals surface area contributed by atoms with Gasteiger partial charge in [-0.05, 0) is 13.0 Å². The van der Waals surface area contributed by atoms with Crippen molar-refractivity contribution in [2.45, 2.75) is 19.6 Å². The Morgan fingerprint density at radius 3 is 2.75 bits per heavy atom. The number of hydrogen-bond acceptors (Lipinski definition) is 5. The Bertz CT molecular complexity index is 378. The molecule has 0 bridgehead atoms. The Morgan fingerprint density at radius 2 is 2.06 bits per heavy atom. The molecule has 0 aromatic heterocycles. The van der Waals surface area contributed by atoms with Crippen molar-refractivity contribution in [2.75, 3.05) is 13.3 Å². The van der Waals surface area contributed by atoms with Gasteiger partial charge in [-0.3, -0.25) is 0 Å². The quantitative estimate of drug-likeness (QED) is 0.699. The van der Waals surface area contributed by atoms with Crippen molar-refractivity contribution in [2.24, 2.45) is 0 Å². The van der Waals surface area contributed by atoms with Gasteiger partial charge in [0.15, 0.2) is 11.5 Å². The van der Waals surface area contributed by atoms with Gasteiger partial charge < -0.3 is 25.0 Å². The number of fused-ring (bicyclic) bond motifs is 1. The predicted octanol–water partition coefficient (Wildman–Crippen LogP) is 0.591. The molecular formula is C11H15NO4. The average Bonchev–Trinajstić information content (AvgIpc) is 2.64. The van der Waals surface area contributed by atoms with Crippen molar-refractivity contribution < 1.29 is 19.7 Å². The molecule has 0 unspecified atom stereocenters. The molecule has 1 aliphatic rings. The van der Waals surface area contributed by atoms with E-state index in [2.05, 4.69) is 5.32 Å². The standard InChI is InChI=1S/C11H15NO4/c1-7(13)4-12-5-8-2-10-11(3-9(8)14)16-6-15-10/h2-3,7,12-14H,4-6H2,1H3/t7-/m0/s1. The molecule has 0 saturated heterocycles. The molecule has 88 valence electrons. The van der Waals surface area contributed by atoms with Crippen LogP contribution in [-0.4, -0.2) is 29.7 Å². The van der Waals surface area contributed by atoms with Gasteiger partial charge in [0.2, 0.25) is 6.79 Å². The highest BCUT2D eigenvalue weighted by Gasteiger charge is 2.16. The van der Waals surface area contributed by atoms with Crippen LogP contribution in [0.5, 0.6) is 17.2 Å². The van der Waals surface area contributed by atoms with Crippen LogP contribution in [-0.2, 0) is 6.54 Å². The van der Waals surface area contributed by atoms with Crippen molar-refractivity contribution >= 4 is 0 Å². The minimum Gasteiger partial charge on any atom is -0.507 e. The number of hydrogen-bond donors (Lipinski definition) is 3. The summed E-state index contributed by atoms with van der Waals surface area (Å²) in [4.78, 5) is 0. The number of aromatic hydroxyl groups is 1. The van der Waals surface area contributed by atoms with Crippen LogP contribution in [0.15, 0.2) is 12.1 Å². The maximum Gasteiger partial charge on any atom is 0.231 e. The molecule has 3 N–H and O–H groups in total. The van der Waals surface area contributed by atoms with Crippen molar-refractivity contribution in [3.05, 3.63) is 17.7 Å². The molecule has 16 heavy (non-hydrogen) atoms. The monoisotopic (exact) mass is 225 g/mol. The van der Waals surface area contributed by atoms with Gasteiger partial charge in [0.05, 0.1) is 6.10 Å². The van der Waals surface area contributed by atoms with Crippen molar-refractivity contribution in [1.82, 2.24) is 5.32 Å². The van der Waals surface area contributed by atoms with Gasteiger partial charge in [0.1, 0.15) is 5.75 Å². The summed E-state index contributed by atoms with van der Waals surface area (Å²) < 4.78 is 10.3. The summed E-state index contributed by atoms with van der Waals surface area (Å²) in [6, 6.07) is 3.29. The smallest absolute Gasteiger partial charge is 0.231 e. The first-order valence-corrected chi connectivity index (χ1v) is 5.17. The summed E-state index contributed by atoms with van der Waals surface area (Å²) in [5, 5.41) is 21.8. The average molecular weight is 225 g/mol. The van der Waals surface area contributed by atoms with Crippen molar-refractivity contribution in [3.8, 4) is 17.2 Å². The third kappa shape index (κ3) is 2.37. The third-order valence-corrected chi connectivity index (χ3v) is 2.33. The lowest BCUT2D eigenvalue weighted by atomic mass is 10.1. The van der Waals surface area contributed by atoms with E-state index >= 15 is 0 Å². The maximum atomic E-state index is 9.70. The Morgan fingerprint density at radius 1 is 1.38 bits per heavy atom. The van der Waals surface area contributed by atoms with Gasteiger partial charge in [-0.15, -0.1) is 0 Å². The third-order valence-electron chi connectivity index (χ3n) is 2.33. The van der Waals surface area contributed by atoms with Crippen LogP contribution in [0.25, 0.3) is 0 Å². The van der Waals surface area contributed by atoms with E-state index in [1.165, 1.54) is 0 Å². The van der Waals surface area contributed by atoms with Crippen LogP contribution in [0, 0.1) is 0 Å². The first kappa shape index (κ1) is 11.0. The lowest BCUT2D eigenvalue weighted by Crippen LogP contribution is -2.23. The first-order chi connectivity index (χ1) is 7.66. The fourth-order valence-electron chi connectivity index (χ4n) is 1.53. The number of phenols is 1. The molecule has 2 rings (SSSR count). The summed E-state index contributed by atoms with van der Waals surface area (Å²) in [6.45, 7) is 2.85. The number of ether oxygens (including phenoxy) is 2. The molecule has 1 atom stereocenters. The molecule has 5 nitrogen and oxygen atoms in total. The van der Waals surface area contributed by atoms with E-state index in [-0.39, 0.29) is 12.5 Å².